The van der Waals surface area contributed by atoms with Gasteiger partial charge in [0, 0.05) is 27.9 Å². The van der Waals surface area contributed by atoms with Crippen molar-refractivity contribution < 1.29 is 4.79 Å². The Kier molecular flexibility index (Phi) is 6.86. The molecule has 0 amide bonds. The normalized spacial score (nSPS) is 14.2. The molecule has 39 heavy (non-hydrogen) atoms. The SMILES string of the molecule is CC(C)(C)C1=CC(=Nc2ccc(N(c3ccccc3)c3cccc4ccccc34)cc2)C=C(C(C)(C)C)C1=O. The molecule has 0 spiro atoms. The number of benzene rings is 4. The first-order valence-corrected chi connectivity index (χ1v) is 13.5. The Morgan fingerprint density at radius 1 is 0.590 bits per heavy atom. The minimum absolute atomic E-state index is 0.123. The molecule has 196 valence electrons. The molecule has 0 saturated heterocycles. The third-order valence-electron chi connectivity index (χ3n) is 7.08. The summed E-state index contributed by atoms with van der Waals surface area (Å²) in [5, 5.41) is 2.40. The van der Waals surface area contributed by atoms with Crippen LogP contribution in [0, 0.1) is 10.8 Å². The highest BCUT2D eigenvalue weighted by molar-refractivity contribution is 6.23. The van der Waals surface area contributed by atoms with Crippen LogP contribution < -0.4 is 4.90 Å². The Morgan fingerprint density at radius 2 is 1.13 bits per heavy atom. The minimum atomic E-state index is -0.263. The van der Waals surface area contributed by atoms with Crippen LogP contribution in [0.1, 0.15) is 41.5 Å². The first-order valence-electron chi connectivity index (χ1n) is 13.5. The molecule has 0 saturated carbocycles. The number of carbonyl (C=O) groups is 1. The number of hydrogen-bond acceptors (Lipinski definition) is 3. The van der Waals surface area contributed by atoms with E-state index in [1.54, 1.807) is 0 Å². The van der Waals surface area contributed by atoms with Gasteiger partial charge in [0.1, 0.15) is 0 Å². The number of nitrogens with zero attached hydrogens (tertiary/aromatic N) is 2. The molecule has 5 rings (SSSR count). The van der Waals surface area contributed by atoms with Gasteiger partial charge in [-0.3, -0.25) is 4.79 Å². The van der Waals surface area contributed by atoms with Gasteiger partial charge in [0.15, 0.2) is 5.78 Å². The molecule has 0 aliphatic heterocycles. The number of ketones is 1. The fourth-order valence-electron chi connectivity index (χ4n) is 5.03. The van der Waals surface area contributed by atoms with Crippen molar-refractivity contribution in [3.63, 3.8) is 0 Å². The molecule has 4 aromatic rings. The fourth-order valence-corrected chi connectivity index (χ4v) is 5.03. The van der Waals surface area contributed by atoms with Crippen molar-refractivity contribution in [3.8, 4) is 0 Å². The first-order chi connectivity index (χ1) is 18.5. The summed E-state index contributed by atoms with van der Waals surface area (Å²) in [7, 11) is 0. The van der Waals surface area contributed by atoms with Crippen molar-refractivity contribution in [1.29, 1.82) is 0 Å². The van der Waals surface area contributed by atoms with Crippen LogP contribution in [0.4, 0.5) is 22.7 Å². The van der Waals surface area contributed by atoms with Crippen molar-refractivity contribution in [2.45, 2.75) is 41.5 Å². The van der Waals surface area contributed by atoms with E-state index in [2.05, 4.69) is 137 Å². The van der Waals surface area contributed by atoms with Crippen molar-refractivity contribution >= 4 is 45.0 Å². The first kappa shape index (κ1) is 26.4. The zero-order chi connectivity index (χ0) is 27.8. The molecule has 0 bridgehead atoms. The van der Waals surface area contributed by atoms with Crippen molar-refractivity contribution in [1.82, 2.24) is 0 Å². The summed E-state index contributed by atoms with van der Waals surface area (Å²) in [5.74, 6) is 0.123. The molecular weight excluding hydrogens is 476 g/mol. The Balaban J connectivity index is 1.58. The van der Waals surface area contributed by atoms with Crippen LogP contribution in [0.2, 0.25) is 0 Å². The topological polar surface area (TPSA) is 32.7 Å². The van der Waals surface area contributed by atoms with Gasteiger partial charge in [0.25, 0.3) is 0 Å². The van der Waals surface area contributed by atoms with E-state index in [4.69, 9.17) is 4.99 Å². The van der Waals surface area contributed by atoms with Gasteiger partial charge in [-0.25, -0.2) is 4.99 Å². The van der Waals surface area contributed by atoms with Gasteiger partial charge in [0.05, 0.1) is 17.1 Å². The van der Waals surface area contributed by atoms with E-state index in [0.29, 0.717) is 0 Å². The summed E-state index contributed by atoms with van der Waals surface area (Å²) in [5.41, 5.74) is 6.01. The fraction of sp³-hybridized carbons (Fsp3) is 0.222. The lowest BCUT2D eigenvalue weighted by Crippen LogP contribution is -2.29. The van der Waals surface area contributed by atoms with Crippen molar-refractivity contribution in [3.05, 3.63) is 120 Å². The quantitative estimate of drug-likeness (QED) is 0.255. The van der Waals surface area contributed by atoms with Crippen LogP contribution in [0.3, 0.4) is 0 Å². The molecule has 1 aliphatic carbocycles. The molecule has 0 atom stereocenters. The number of carbonyl (C=O) groups excluding carboxylic acids is 1. The van der Waals surface area contributed by atoms with E-state index in [-0.39, 0.29) is 16.6 Å². The summed E-state index contributed by atoms with van der Waals surface area (Å²) < 4.78 is 0. The number of rotatable bonds is 4. The maximum atomic E-state index is 13.3. The average Bonchev–Trinajstić information content (AvgIpc) is 2.90. The van der Waals surface area contributed by atoms with Crippen molar-refractivity contribution in [2.75, 3.05) is 4.90 Å². The summed E-state index contributed by atoms with van der Waals surface area (Å²) in [6, 6.07) is 33.7. The monoisotopic (exact) mass is 512 g/mol. The van der Waals surface area contributed by atoms with Crippen LogP contribution in [-0.4, -0.2) is 11.5 Å². The molecule has 0 N–H and O–H groups in total. The second-order valence-corrected chi connectivity index (χ2v) is 12.2. The third kappa shape index (κ3) is 5.49. The van der Waals surface area contributed by atoms with Gasteiger partial charge in [-0.15, -0.1) is 0 Å². The van der Waals surface area contributed by atoms with Crippen LogP contribution >= 0.6 is 0 Å². The molecular formula is C36H36N2O. The van der Waals surface area contributed by atoms with Gasteiger partial charge in [-0.1, -0.05) is 96.1 Å². The van der Waals surface area contributed by atoms with Gasteiger partial charge >= 0.3 is 0 Å². The Bertz CT molecular complexity index is 1570. The number of aliphatic imine (C=N–C) groups is 1. The smallest absolute Gasteiger partial charge is 0.186 e. The van der Waals surface area contributed by atoms with E-state index < -0.39 is 0 Å². The zero-order valence-corrected chi connectivity index (χ0v) is 23.7. The Hall–Kier alpha value is -4.24. The average molecular weight is 513 g/mol. The molecule has 0 unspecified atom stereocenters. The van der Waals surface area contributed by atoms with E-state index in [1.807, 2.05) is 18.2 Å². The molecule has 0 heterocycles. The minimum Gasteiger partial charge on any atom is -0.310 e. The lowest BCUT2D eigenvalue weighted by Gasteiger charge is -2.31. The highest BCUT2D eigenvalue weighted by Crippen LogP contribution is 2.40. The highest BCUT2D eigenvalue weighted by Gasteiger charge is 2.34. The summed E-state index contributed by atoms with van der Waals surface area (Å²) in [6.07, 6.45) is 3.91. The molecule has 4 aromatic carbocycles. The van der Waals surface area contributed by atoms with Crippen LogP contribution in [0.15, 0.2) is 125 Å². The number of anilines is 3. The Labute approximate surface area is 232 Å². The van der Waals surface area contributed by atoms with Gasteiger partial charge in [-0.2, -0.15) is 0 Å². The van der Waals surface area contributed by atoms with E-state index in [9.17, 15) is 4.79 Å². The van der Waals surface area contributed by atoms with E-state index in [1.165, 1.54) is 10.8 Å². The lowest BCUT2D eigenvalue weighted by atomic mass is 9.72. The lowest BCUT2D eigenvalue weighted by molar-refractivity contribution is -0.114. The highest BCUT2D eigenvalue weighted by atomic mass is 16.1. The molecule has 1 aliphatic rings. The number of hydrogen-bond donors (Lipinski definition) is 0. The standard InChI is InChI=1S/C36H36N2O/c1-35(2,3)31-23-27(24-32(34(31)39)36(4,5)6)37-26-19-21-29(22-20-26)38(28-15-8-7-9-16-28)33-18-12-14-25-13-10-11-17-30(25)33/h7-24H,1-6H3. The number of fused-ring (bicyclic) bond motifs is 1. The predicted molar refractivity (Wildman–Crippen MR) is 166 cm³/mol. The van der Waals surface area contributed by atoms with Crippen molar-refractivity contribution in [2.24, 2.45) is 15.8 Å². The second kappa shape index (κ2) is 10.1. The van der Waals surface area contributed by atoms with E-state index in [0.717, 1.165) is 39.6 Å². The molecule has 0 fully saturated rings. The van der Waals surface area contributed by atoms with Gasteiger partial charge in [-0.05, 0) is 70.8 Å². The number of para-hydroxylation sites is 1. The predicted octanol–water partition coefficient (Wildman–Crippen LogP) is 9.91. The van der Waals surface area contributed by atoms with Gasteiger partial charge in [0.2, 0.25) is 0 Å². The van der Waals surface area contributed by atoms with Crippen LogP contribution in [0.25, 0.3) is 10.8 Å². The number of allylic oxidation sites excluding steroid dienone is 4. The largest absolute Gasteiger partial charge is 0.310 e. The third-order valence-corrected chi connectivity index (χ3v) is 7.08. The van der Waals surface area contributed by atoms with E-state index >= 15 is 0 Å². The maximum Gasteiger partial charge on any atom is 0.186 e. The molecule has 0 aromatic heterocycles. The van der Waals surface area contributed by atoms with Crippen LogP contribution in [0.5, 0.6) is 0 Å². The van der Waals surface area contributed by atoms with Crippen LogP contribution in [-0.2, 0) is 4.79 Å². The molecule has 0 radical (unpaired) electrons. The van der Waals surface area contributed by atoms with Gasteiger partial charge < -0.3 is 4.90 Å². The summed E-state index contributed by atoms with van der Waals surface area (Å²) in [4.78, 5) is 20.6. The molecule has 3 heteroatoms. The summed E-state index contributed by atoms with van der Waals surface area (Å²) in [6.45, 7) is 12.5. The molecule has 3 nitrogen and oxygen atoms in total. The number of Topliss-reactive ketones (excluding diaryl/α,β-unsaturated/α-hetero) is 1. The summed E-state index contributed by atoms with van der Waals surface area (Å²) >= 11 is 0. The second-order valence-electron chi connectivity index (χ2n) is 12.2. The zero-order valence-electron chi connectivity index (χ0n) is 23.7. The Morgan fingerprint density at radius 3 is 1.74 bits per heavy atom. The maximum absolute atomic E-state index is 13.3.